The summed E-state index contributed by atoms with van der Waals surface area (Å²) < 4.78 is 7.97. The number of nitrogens with zero attached hydrogens (tertiary/aromatic N) is 5. The van der Waals surface area contributed by atoms with Gasteiger partial charge in [0.2, 0.25) is 0 Å². The third kappa shape index (κ3) is 4.90. The van der Waals surface area contributed by atoms with Gasteiger partial charge in [0.25, 0.3) is 5.91 Å². The molecule has 0 saturated carbocycles. The first-order valence-corrected chi connectivity index (χ1v) is 10.5. The highest BCUT2D eigenvalue weighted by Crippen LogP contribution is 2.33. The van der Waals surface area contributed by atoms with Gasteiger partial charge < -0.3 is 4.74 Å². The van der Waals surface area contributed by atoms with Gasteiger partial charge >= 0.3 is 0 Å². The first kappa shape index (κ1) is 22.0. The van der Waals surface area contributed by atoms with Gasteiger partial charge in [-0.1, -0.05) is 29.0 Å². The number of amides is 1. The molecule has 2 aromatic heterocycles. The number of fused-ring (bicyclic) bond motifs is 1. The minimum atomic E-state index is -0.0999. The number of carbonyl (C=O) groups is 1. The maximum Gasteiger partial charge on any atom is 0.278 e. The quantitative estimate of drug-likeness (QED) is 0.569. The summed E-state index contributed by atoms with van der Waals surface area (Å²) in [5.41, 5.74) is 1.27. The van der Waals surface area contributed by atoms with Crippen molar-refractivity contribution < 1.29 is 9.53 Å². The topological polar surface area (TPSA) is 63.5 Å². The highest BCUT2D eigenvalue weighted by Gasteiger charge is 2.24. The van der Waals surface area contributed by atoms with Crippen molar-refractivity contribution in [2.45, 2.75) is 6.42 Å². The number of anilines is 1. The molecule has 7 nitrogen and oxygen atoms in total. The number of aromatic nitrogens is 3. The molecule has 1 amide bonds. The van der Waals surface area contributed by atoms with E-state index in [9.17, 15) is 4.79 Å². The Kier molecular flexibility index (Phi) is 7.48. The van der Waals surface area contributed by atoms with Gasteiger partial charge in [-0.05, 0) is 24.6 Å². The number of para-hydroxylation sites is 1. The molecule has 3 aromatic rings. The average Bonchev–Trinajstić information content (AvgIpc) is 3.32. The van der Waals surface area contributed by atoms with Gasteiger partial charge in [0.05, 0.1) is 22.9 Å². The van der Waals surface area contributed by atoms with Gasteiger partial charge in [0, 0.05) is 39.4 Å². The Bertz CT molecular complexity index is 971. The number of morpholine rings is 1. The fourth-order valence-electron chi connectivity index (χ4n) is 3.30. The van der Waals surface area contributed by atoms with Crippen molar-refractivity contribution in [3.8, 4) is 0 Å². The molecule has 4 rings (SSSR count). The van der Waals surface area contributed by atoms with Crippen molar-refractivity contribution >= 4 is 56.6 Å². The lowest BCUT2D eigenvalue weighted by molar-refractivity contribution is 0.0376. The smallest absolute Gasteiger partial charge is 0.278 e. The molecule has 0 radical (unpaired) electrons. The zero-order valence-corrected chi connectivity index (χ0v) is 18.5. The molecule has 0 atom stereocenters. The van der Waals surface area contributed by atoms with Crippen LogP contribution >= 0.6 is 35.3 Å². The van der Waals surface area contributed by atoms with Gasteiger partial charge in [0.1, 0.15) is 11.2 Å². The molecule has 29 heavy (non-hydrogen) atoms. The lowest BCUT2D eigenvalue weighted by Gasteiger charge is -2.27. The van der Waals surface area contributed by atoms with Crippen molar-refractivity contribution in [3.05, 3.63) is 41.2 Å². The van der Waals surface area contributed by atoms with Crippen LogP contribution in [-0.2, 0) is 11.8 Å². The zero-order valence-electron chi connectivity index (χ0n) is 16.1. The number of halogens is 2. The molecule has 0 spiro atoms. The molecular formula is C19H23Cl2N5O2S. The standard InChI is InChI=1S/C19H22ClN5O2S.ClH/c1-23-15(6-7-21-23)18(26)25(9-3-8-24-10-12-27-13-11-24)19-22-17-14(20)4-2-5-16(17)28-19;/h2,4-7H,3,8-13H2,1H3;1H. The van der Waals surface area contributed by atoms with Crippen LogP contribution < -0.4 is 4.90 Å². The van der Waals surface area contributed by atoms with Crippen LogP contribution in [0.5, 0.6) is 0 Å². The van der Waals surface area contributed by atoms with Gasteiger partial charge in [-0.2, -0.15) is 5.10 Å². The van der Waals surface area contributed by atoms with Crippen molar-refractivity contribution in [1.82, 2.24) is 19.7 Å². The fourth-order valence-corrected chi connectivity index (χ4v) is 4.59. The molecule has 3 heterocycles. The number of aryl methyl sites for hydroxylation is 1. The summed E-state index contributed by atoms with van der Waals surface area (Å²) in [4.78, 5) is 22.0. The Morgan fingerprint density at radius 2 is 2.10 bits per heavy atom. The predicted molar refractivity (Wildman–Crippen MR) is 119 cm³/mol. The van der Waals surface area contributed by atoms with Crippen LogP contribution in [0.1, 0.15) is 16.9 Å². The van der Waals surface area contributed by atoms with E-state index in [4.69, 9.17) is 16.3 Å². The number of carbonyl (C=O) groups excluding carboxylic acids is 1. The van der Waals surface area contributed by atoms with E-state index in [0.717, 1.165) is 49.5 Å². The second kappa shape index (κ2) is 9.86. The Morgan fingerprint density at radius 1 is 1.31 bits per heavy atom. The third-order valence-electron chi connectivity index (χ3n) is 4.83. The van der Waals surface area contributed by atoms with Gasteiger partial charge in [-0.25, -0.2) is 4.98 Å². The zero-order chi connectivity index (χ0) is 19.5. The van der Waals surface area contributed by atoms with Crippen molar-refractivity contribution in [1.29, 1.82) is 0 Å². The summed E-state index contributed by atoms with van der Waals surface area (Å²) in [7, 11) is 1.77. The van der Waals surface area contributed by atoms with Gasteiger partial charge in [0.15, 0.2) is 5.13 Å². The van der Waals surface area contributed by atoms with Crippen LogP contribution in [-0.4, -0.2) is 65.0 Å². The second-order valence-corrected chi connectivity index (χ2v) is 8.10. The lowest BCUT2D eigenvalue weighted by Crippen LogP contribution is -2.39. The molecule has 1 fully saturated rings. The van der Waals surface area contributed by atoms with Gasteiger partial charge in [-0.3, -0.25) is 19.3 Å². The average molecular weight is 456 g/mol. The minimum absolute atomic E-state index is 0. The molecular weight excluding hydrogens is 433 g/mol. The monoisotopic (exact) mass is 455 g/mol. The third-order valence-corrected chi connectivity index (χ3v) is 6.18. The van der Waals surface area contributed by atoms with Crippen LogP contribution in [0.4, 0.5) is 5.13 Å². The van der Waals surface area contributed by atoms with E-state index >= 15 is 0 Å². The molecule has 156 valence electrons. The summed E-state index contributed by atoms with van der Waals surface area (Å²) in [6, 6.07) is 7.43. The largest absolute Gasteiger partial charge is 0.379 e. The second-order valence-electron chi connectivity index (χ2n) is 6.69. The first-order valence-electron chi connectivity index (χ1n) is 9.28. The van der Waals surface area contributed by atoms with Crippen LogP contribution in [0.25, 0.3) is 10.2 Å². The molecule has 0 bridgehead atoms. The molecule has 1 aliphatic rings. The lowest BCUT2D eigenvalue weighted by atomic mass is 10.3. The predicted octanol–water partition coefficient (Wildman–Crippen LogP) is 3.47. The molecule has 0 aliphatic carbocycles. The summed E-state index contributed by atoms with van der Waals surface area (Å²) >= 11 is 7.78. The van der Waals surface area contributed by atoms with Crippen molar-refractivity contribution in [2.75, 3.05) is 44.3 Å². The van der Waals surface area contributed by atoms with E-state index in [1.165, 1.54) is 11.3 Å². The highest BCUT2D eigenvalue weighted by atomic mass is 35.5. The Morgan fingerprint density at radius 3 is 2.79 bits per heavy atom. The van der Waals surface area contributed by atoms with Crippen LogP contribution in [0, 0.1) is 0 Å². The molecule has 1 saturated heterocycles. The Hall–Kier alpha value is -1.71. The number of ether oxygens (including phenoxy) is 1. The number of rotatable bonds is 6. The summed E-state index contributed by atoms with van der Waals surface area (Å²) in [5, 5.41) is 5.39. The normalized spacial score (nSPS) is 14.7. The summed E-state index contributed by atoms with van der Waals surface area (Å²) in [5.74, 6) is -0.0999. The summed E-state index contributed by atoms with van der Waals surface area (Å²) in [6.07, 6.45) is 2.49. The molecule has 0 unspecified atom stereocenters. The number of benzene rings is 1. The van der Waals surface area contributed by atoms with Crippen molar-refractivity contribution in [2.24, 2.45) is 7.05 Å². The van der Waals surface area contributed by atoms with Crippen molar-refractivity contribution in [3.63, 3.8) is 0 Å². The Balaban J connectivity index is 0.00000240. The molecule has 0 N–H and O–H groups in total. The van der Waals surface area contributed by atoms with Crippen LogP contribution in [0.3, 0.4) is 0 Å². The number of thiazole rings is 1. The van der Waals surface area contributed by atoms with E-state index in [0.29, 0.717) is 22.4 Å². The van der Waals surface area contributed by atoms with E-state index in [1.807, 2.05) is 18.2 Å². The van der Waals surface area contributed by atoms with E-state index in [2.05, 4.69) is 15.0 Å². The summed E-state index contributed by atoms with van der Waals surface area (Å²) in [6.45, 7) is 4.92. The van der Waals surface area contributed by atoms with E-state index in [-0.39, 0.29) is 18.3 Å². The number of hydrogen-bond donors (Lipinski definition) is 0. The first-order chi connectivity index (χ1) is 13.6. The minimum Gasteiger partial charge on any atom is -0.379 e. The van der Waals surface area contributed by atoms with Gasteiger partial charge in [-0.15, -0.1) is 12.4 Å². The fraction of sp³-hybridized carbons (Fsp3) is 0.421. The molecule has 1 aromatic carbocycles. The SMILES string of the molecule is Cl.Cn1nccc1C(=O)N(CCCN1CCOCC1)c1nc2c(Cl)cccc2s1. The molecule has 10 heteroatoms. The molecule has 1 aliphatic heterocycles. The van der Waals surface area contributed by atoms with Crippen LogP contribution in [0.2, 0.25) is 5.02 Å². The maximum atomic E-state index is 13.2. The van der Waals surface area contributed by atoms with E-state index < -0.39 is 0 Å². The highest BCUT2D eigenvalue weighted by molar-refractivity contribution is 7.22. The number of hydrogen-bond acceptors (Lipinski definition) is 6. The maximum absolute atomic E-state index is 13.2. The van der Waals surface area contributed by atoms with Crippen LogP contribution in [0.15, 0.2) is 30.5 Å². The Labute approximate surface area is 184 Å². The van der Waals surface area contributed by atoms with E-state index in [1.54, 1.807) is 28.9 Å².